The van der Waals surface area contributed by atoms with E-state index in [-0.39, 0.29) is 36.9 Å². The molecule has 0 unspecified atom stereocenters. The van der Waals surface area contributed by atoms with Gasteiger partial charge in [0.15, 0.2) is 0 Å². The van der Waals surface area contributed by atoms with Gasteiger partial charge in [0.25, 0.3) is 5.56 Å². The summed E-state index contributed by atoms with van der Waals surface area (Å²) in [5.74, 6) is -2.73. The molecule has 0 saturated heterocycles. The van der Waals surface area contributed by atoms with Gasteiger partial charge in [-0.1, -0.05) is 12.2 Å². The Labute approximate surface area is 295 Å². The number of nitrogens with one attached hydrogen (secondary N) is 1. The number of pyridine rings is 1. The number of carbonyl (C=O) groups is 2. The van der Waals surface area contributed by atoms with Crippen LogP contribution in [0.5, 0.6) is 5.75 Å². The van der Waals surface area contributed by atoms with Crippen LogP contribution in [0.2, 0.25) is 0 Å². The topological polar surface area (TPSA) is 86.6 Å². The Morgan fingerprint density at radius 3 is 2.46 bits per heavy atom. The second-order valence-electron chi connectivity index (χ2n) is 12.0. The molecule has 1 fully saturated rings. The summed E-state index contributed by atoms with van der Waals surface area (Å²) >= 11 is 2.84. The van der Waals surface area contributed by atoms with Gasteiger partial charge >= 0.3 is 12.1 Å². The van der Waals surface area contributed by atoms with Crippen molar-refractivity contribution in [1.82, 2.24) is 9.88 Å². The molecule has 268 valence electrons. The number of amides is 1. The maximum Gasteiger partial charge on any atom is 0.417 e. The normalized spacial score (nSPS) is 14.1. The Balaban J connectivity index is 1.84. The van der Waals surface area contributed by atoms with Crippen LogP contribution in [0.15, 0.2) is 71.1 Å². The summed E-state index contributed by atoms with van der Waals surface area (Å²) in [7, 11) is 0. The number of ether oxygens (including phenoxy) is 2. The van der Waals surface area contributed by atoms with Crippen molar-refractivity contribution in [3.8, 4) is 16.9 Å². The molecule has 0 spiro atoms. The number of nitrogens with zero attached hydrogens (tertiary/aromatic N) is 1. The van der Waals surface area contributed by atoms with Crippen LogP contribution in [0.1, 0.15) is 85.7 Å². The second kappa shape index (κ2) is 16.6. The number of rotatable bonds is 16. The van der Waals surface area contributed by atoms with E-state index < -0.39 is 63.8 Å². The van der Waals surface area contributed by atoms with Crippen LogP contribution in [-0.4, -0.2) is 29.7 Å². The van der Waals surface area contributed by atoms with Crippen LogP contribution in [-0.2, 0) is 20.5 Å². The highest BCUT2D eigenvalue weighted by Gasteiger charge is 2.36. The average molecular weight is 766 g/mol. The molecular weight excluding hydrogens is 727 g/mol. The van der Waals surface area contributed by atoms with Crippen molar-refractivity contribution in [2.45, 2.75) is 76.6 Å². The number of aromatic nitrogens is 1. The minimum Gasteiger partial charge on any atom is -0.493 e. The fourth-order valence-electron chi connectivity index (χ4n) is 5.75. The van der Waals surface area contributed by atoms with Crippen LogP contribution in [0.3, 0.4) is 0 Å². The van der Waals surface area contributed by atoms with Gasteiger partial charge in [-0.05, 0) is 103 Å². The number of hydrogen-bond donors (Lipinski definition) is 1. The molecule has 2 atom stereocenters. The summed E-state index contributed by atoms with van der Waals surface area (Å²) in [6.07, 6.45) is 1.08. The molecular formula is C37H38BrF5N2O5. The maximum absolute atomic E-state index is 16.5. The predicted molar refractivity (Wildman–Crippen MR) is 183 cm³/mol. The Hall–Kier alpha value is -4.26. The average Bonchev–Trinajstić information content (AvgIpc) is 3.88. The van der Waals surface area contributed by atoms with Crippen molar-refractivity contribution in [1.29, 1.82) is 0 Å². The molecule has 1 heterocycles. The fraction of sp³-hybridized carbons (Fsp3) is 0.378. The zero-order chi connectivity index (χ0) is 36.7. The van der Waals surface area contributed by atoms with Crippen molar-refractivity contribution < 1.29 is 41.0 Å². The molecule has 1 aliphatic rings. The SMILES string of the molecule is C=CCCCOc1cc(F)cc(C)c1-c1cc(C2CC2)c(F)c([C@H](CC(=O)OCC)NC(=O)[C@H](CC=C)n2cc(Br)c(C(F)(F)F)cc2=O)c1. The van der Waals surface area contributed by atoms with Gasteiger partial charge < -0.3 is 19.4 Å². The zero-order valence-electron chi connectivity index (χ0n) is 27.7. The van der Waals surface area contributed by atoms with Crippen molar-refractivity contribution in [3.63, 3.8) is 0 Å². The third-order valence-electron chi connectivity index (χ3n) is 8.24. The van der Waals surface area contributed by atoms with E-state index in [9.17, 15) is 31.9 Å². The van der Waals surface area contributed by atoms with E-state index >= 15 is 4.39 Å². The lowest BCUT2D eigenvalue weighted by Gasteiger charge is -2.26. The van der Waals surface area contributed by atoms with Crippen molar-refractivity contribution >= 4 is 27.8 Å². The van der Waals surface area contributed by atoms with Gasteiger partial charge in [-0.2, -0.15) is 13.2 Å². The lowest BCUT2D eigenvalue weighted by atomic mass is 9.90. The van der Waals surface area contributed by atoms with E-state index in [1.54, 1.807) is 26.0 Å². The highest BCUT2D eigenvalue weighted by atomic mass is 79.9. The van der Waals surface area contributed by atoms with Crippen LogP contribution in [0, 0.1) is 18.6 Å². The summed E-state index contributed by atoms with van der Waals surface area (Å²) in [6.45, 7) is 10.8. The molecule has 3 aromatic rings. The third-order valence-corrected chi connectivity index (χ3v) is 8.87. The lowest BCUT2D eigenvalue weighted by molar-refractivity contribution is -0.144. The highest BCUT2D eigenvalue weighted by Crippen LogP contribution is 2.46. The molecule has 50 heavy (non-hydrogen) atoms. The number of hydrogen-bond acceptors (Lipinski definition) is 5. The molecule has 1 aliphatic carbocycles. The molecule has 0 radical (unpaired) electrons. The molecule has 1 saturated carbocycles. The molecule has 7 nitrogen and oxygen atoms in total. The number of carbonyl (C=O) groups excluding carboxylic acids is 2. The molecule has 1 amide bonds. The van der Waals surface area contributed by atoms with E-state index in [1.165, 1.54) is 24.3 Å². The van der Waals surface area contributed by atoms with Crippen LogP contribution < -0.4 is 15.6 Å². The molecule has 2 aromatic carbocycles. The number of alkyl halides is 3. The van der Waals surface area contributed by atoms with E-state index in [1.807, 2.05) is 0 Å². The monoisotopic (exact) mass is 764 g/mol. The van der Waals surface area contributed by atoms with Crippen molar-refractivity contribution in [2.75, 3.05) is 13.2 Å². The Kier molecular flexibility index (Phi) is 12.8. The predicted octanol–water partition coefficient (Wildman–Crippen LogP) is 9.03. The fourth-order valence-corrected chi connectivity index (χ4v) is 6.31. The first-order chi connectivity index (χ1) is 23.7. The minimum absolute atomic E-state index is 0.00470. The quantitative estimate of drug-likeness (QED) is 0.0681. The first-order valence-corrected chi connectivity index (χ1v) is 16.9. The van der Waals surface area contributed by atoms with Gasteiger partial charge in [0, 0.05) is 33.9 Å². The van der Waals surface area contributed by atoms with Crippen molar-refractivity contribution in [2.24, 2.45) is 0 Å². The van der Waals surface area contributed by atoms with E-state index in [2.05, 4.69) is 34.4 Å². The lowest BCUT2D eigenvalue weighted by Crippen LogP contribution is -2.40. The molecule has 0 bridgehead atoms. The summed E-state index contributed by atoms with van der Waals surface area (Å²) in [5.41, 5.74) is -0.581. The molecule has 13 heteroatoms. The maximum atomic E-state index is 16.5. The summed E-state index contributed by atoms with van der Waals surface area (Å²) in [4.78, 5) is 39.7. The van der Waals surface area contributed by atoms with Gasteiger partial charge in [0.2, 0.25) is 5.91 Å². The number of allylic oxidation sites excluding steroid dienone is 2. The van der Waals surface area contributed by atoms with Crippen LogP contribution in [0.25, 0.3) is 11.1 Å². The Bertz CT molecular complexity index is 1820. The molecule has 1 N–H and O–H groups in total. The largest absolute Gasteiger partial charge is 0.493 e. The highest BCUT2D eigenvalue weighted by molar-refractivity contribution is 9.10. The summed E-state index contributed by atoms with van der Waals surface area (Å²) in [5, 5.41) is 2.66. The number of aryl methyl sites for hydroxylation is 1. The minimum atomic E-state index is -4.83. The number of benzene rings is 2. The molecule has 0 aliphatic heterocycles. The standard InChI is InChI=1S/C37H38BrF5N2O5/c1-5-8-9-13-50-31-17-24(39)14-21(4)34(31)23-15-25(22-11-12-22)35(40)26(16-23)29(19-33(47)49-7-3)44-36(48)30(10-6-2)45-20-28(38)27(18-32(45)46)37(41,42)43/h5-6,14-18,20,22,29-30H,1-2,7-13,19H2,3-4H3,(H,44,48)/t29-,30-/m0/s1. The molecule has 1 aromatic heterocycles. The first-order valence-electron chi connectivity index (χ1n) is 16.1. The number of halogens is 6. The number of esters is 1. The first kappa shape index (κ1) is 38.5. The van der Waals surface area contributed by atoms with Gasteiger partial charge in [-0.25, -0.2) is 8.78 Å². The Morgan fingerprint density at radius 1 is 1.12 bits per heavy atom. The van der Waals surface area contributed by atoms with E-state index in [4.69, 9.17) is 9.47 Å². The number of unbranched alkanes of at least 4 members (excludes halogenated alkanes) is 1. The van der Waals surface area contributed by atoms with Gasteiger partial charge in [0.05, 0.1) is 31.2 Å². The molecule has 4 rings (SSSR count). The van der Waals surface area contributed by atoms with Crippen LogP contribution in [0.4, 0.5) is 22.0 Å². The zero-order valence-corrected chi connectivity index (χ0v) is 29.3. The van der Waals surface area contributed by atoms with Crippen LogP contribution >= 0.6 is 15.9 Å². The van der Waals surface area contributed by atoms with E-state index in [0.29, 0.717) is 54.0 Å². The summed E-state index contributed by atoms with van der Waals surface area (Å²) < 4.78 is 83.0. The summed E-state index contributed by atoms with van der Waals surface area (Å²) in [6, 6.07) is 3.32. The Morgan fingerprint density at radius 2 is 1.84 bits per heavy atom. The smallest absolute Gasteiger partial charge is 0.417 e. The van der Waals surface area contributed by atoms with Crippen molar-refractivity contribution in [3.05, 3.63) is 111 Å². The van der Waals surface area contributed by atoms with Gasteiger partial charge in [-0.3, -0.25) is 14.4 Å². The van der Waals surface area contributed by atoms with Gasteiger partial charge in [-0.15, -0.1) is 13.2 Å². The van der Waals surface area contributed by atoms with E-state index in [0.717, 1.165) is 10.8 Å². The second-order valence-corrected chi connectivity index (χ2v) is 12.9. The van der Waals surface area contributed by atoms with Gasteiger partial charge in [0.1, 0.15) is 23.4 Å². The third kappa shape index (κ3) is 9.29.